The number of carbonyl (C=O) groups excluding carboxylic acids is 2. The van der Waals surface area contributed by atoms with Crippen molar-refractivity contribution in [2.24, 2.45) is 0 Å². The molecule has 0 atom stereocenters. The summed E-state index contributed by atoms with van der Waals surface area (Å²) in [6.07, 6.45) is 0.363. The van der Waals surface area contributed by atoms with E-state index in [1.165, 1.54) is 12.1 Å². The summed E-state index contributed by atoms with van der Waals surface area (Å²) in [5.41, 5.74) is 2.86. The van der Waals surface area contributed by atoms with Gasteiger partial charge in [0.05, 0.1) is 11.7 Å². The van der Waals surface area contributed by atoms with Gasteiger partial charge in [-0.2, -0.15) is 0 Å². The van der Waals surface area contributed by atoms with Gasteiger partial charge in [-0.3, -0.25) is 4.79 Å². The zero-order valence-electron chi connectivity index (χ0n) is 14.9. The molecule has 2 N–H and O–H groups in total. The molecule has 0 fully saturated rings. The van der Waals surface area contributed by atoms with Crippen molar-refractivity contribution < 1.29 is 18.7 Å². The Morgan fingerprint density at radius 2 is 1.84 bits per heavy atom. The molecule has 0 saturated carbocycles. The quantitative estimate of drug-likeness (QED) is 0.788. The van der Waals surface area contributed by atoms with Gasteiger partial charge in [-0.25, -0.2) is 9.18 Å². The lowest BCUT2D eigenvalue weighted by molar-refractivity contribution is 0.0376. The maximum Gasteiger partial charge on any atom is 0.340 e. The molecule has 5 nitrogen and oxygen atoms in total. The molecule has 0 saturated heterocycles. The lowest BCUT2D eigenvalue weighted by Crippen LogP contribution is -2.26. The molecule has 0 radical (unpaired) electrons. The average Bonchev–Trinajstić information content (AvgIpc) is 2.83. The molecule has 2 rings (SSSR count). The summed E-state index contributed by atoms with van der Waals surface area (Å²) >= 11 is 0. The molecule has 0 aliphatic heterocycles. The normalized spacial score (nSPS) is 10.8. The maximum atomic E-state index is 12.9. The number of amides is 1. The SMILES string of the molecule is Cc1[nH]c(C(=O)NCCc2ccc(F)cc2)c(C)c1C(=O)OC(C)C. The predicted octanol–water partition coefficient (Wildman–Crippen LogP) is 3.31. The number of nitrogens with one attached hydrogen (secondary N) is 2. The van der Waals surface area contributed by atoms with Crippen LogP contribution < -0.4 is 5.32 Å². The topological polar surface area (TPSA) is 71.2 Å². The number of aromatic nitrogens is 1. The number of H-pyrrole nitrogens is 1. The third-order valence-corrected chi connectivity index (χ3v) is 3.82. The summed E-state index contributed by atoms with van der Waals surface area (Å²) < 4.78 is 18.1. The van der Waals surface area contributed by atoms with Crippen LogP contribution in [0.4, 0.5) is 4.39 Å². The highest BCUT2D eigenvalue weighted by Gasteiger charge is 2.23. The van der Waals surface area contributed by atoms with Crippen LogP contribution in [-0.4, -0.2) is 29.5 Å². The van der Waals surface area contributed by atoms with Gasteiger partial charge >= 0.3 is 5.97 Å². The van der Waals surface area contributed by atoms with E-state index < -0.39 is 5.97 Å². The van der Waals surface area contributed by atoms with Gasteiger partial charge in [0.15, 0.2) is 0 Å². The number of hydrogen-bond donors (Lipinski definition) is 2. The first-order valence-electron chi connectivity index (χ1n) is 8.22. The zero-order valence-corrected chi connectivity index (χ0v) is 14.9. The number of halogens is 1. The number of aromatic amines is 1. The van der Waals surface area contributed by atoms with Gasteiger partial charge in [0.1, 0.15) is 11.5 Å². The Labute approximate surface area is 146 Å². The van der Waals surface area contributed by atoms with E-state index in [1.807, 2.05) is 0 Å². The smallest absolute Gasteiger partial charge is 0.340 e. The minimum atomic E-state index is -0.438. The van der Waals surface area contributed by atoms with Crippen molar-refractivity contribution in [1.29, 1.82) is 0 Å². The number of rotatable bonds is 6. The van der Waals surface area contributed by atoms with Crippen molar-refractivity contribution in [3.63, 3.8) is 0 Å². The molecule has 0 unspecified atom stereocenters. The van der Waals surface area contributed by atoms with Gasteiger partial charge in [0.2, 0.25) is 0 Å². The molecule has 134 valence electrons. The van der Waals surface area contributed by atoms with Crippen molar-refractivity contribution in [3.05, 3.63) is 58.2 Å². The minimum absolute atomic E-state index is 0.228. The van der Waals surface area contributed by atoms with E-state index in [9.17, 15) is 14.0 Å². The zero-order chi connectivity index (χ0) is 18.6. The second kappa shape index (κ2) is 7.96. The summed E-state index contributed by atoms with van der Waals surface area (Å²) in [7, 11) is 0. The van der Waals surface area contributed by atoms with Crippen LogP contribution in [0.5, 0.6) is 0 Å². The number of carbonyl (C=O) groups is 2. The van der Waals surface area contributed by atoms with E-state index in [4.69, 9.17) is 4.74 Å². The van der Waals surface area contributed by atoms with E-state index in [0.29, 0.717) is 35.5 Å². The molecule has 6 heteroatoms. The van der Waals surface area contributed by atoms with E-state index >= 15 is 0 Å². The van der Waals surface area contributed by atoms with Gasteiger partial charge < -0.3 is 15.0 Å². The van der Waals surface area contributed by atoms with E-state index in [1.54, 1.807) is 39.8 Å². The van der Waals surface area contributed by atoms with Gasteiger partial charge in [0, 0.05) is 12.2 Å². The number of esters is 1. The van der Waals surface area contributed by atoms with Crippen LogP contribution in [0.25, 0.3) is 0 Å². The van der Waals surface area contributed by atoms with Crippen LogP contribution in [0.2, 0.25) is 0 Å². The molecule has 1 heterocycles. The highest BCUT2D eigenvalue weighted by Crippen LogP contribution is 2.19. The second-order valence-corrected chi connectivity index (χ2v) is 6.21. The van der Waals surface area contributed by atoms with Crippen molar-refractivity contribution >= 4 is 11.9 Å². The Morgan fingerprint density at radius 3 is 2.44 bits per heavy atom. The third-order valence-electron chi connectivity index (χ3n) is 3.82. The van der Waals surface area contributed by atoms with Crippen molar-refractivity contribution in [3.8, 4) is 0 Å². The van der Waals surface area contributed by atoms with E-state index in [2.05, 4.69) is 10.3 Å². The fraction of sp³-hybridized carbons (Fsp3) is 0.368. The Bertz CT molecular complexity index is 764. The number of hydrogen-bond acceptors (Lipinski definition) is 3. The second-order valence-electron chi connectivity index (χ2n) is 6.21. The fourth-order valence-corrected chi connectivity index (χ4v) is 2.62. The van der Waals surface area contributed by atoms with Crippen LogP contribution in [0.15, 0.2) is 24.3 Å². The highest BCUT2D eigenvalue weighted by molar-refractivity contribution is 6.00. The van der Waals surface area contributed by atoms with Crippen LogP contribution in [0.1, 0.15) is 51.5 Å². The van der Waals surface area contributed by atoms with Crippen molar-refractivity contribution in [1.82, 2.24) is 10.3 Å². The van der Waals surface area contributed by atoms with Crippen molar-refractivity contribution in [2.75, 3.05) is 6.54 Å². The molecular formula is C19H23FN2O3. The standard InChI is InChI=1S/C19H23FN2O3/c1-11(2)25-19(24)16-12(3)17(22-13(16)4)18(23)21-10-9-14-5-7-15(20)8-6-14/h5-8,11,22H,9-10H2,1-4H3,(H,21,23). The summed E-state index contributed by atoms with van der Waals surface area (Å²) in [5.74, 6) is -1.01. The lowest BCUT2D eigenvalue weighted by Gasteiger charge is -2.08. The van der Waals surface area contributed by atoms with Crippen LogP contribution >= 0.6 is 0 Å². The molecule has 25 heavy (non-hydrogen) atoms. The first-order chi connectivity index (χ1) is 11.8. The molecule has 0 spiro atoms. The first-order valence-corrected chi connectivity index (χ1v) is 8.22. The molecule has 0 aliphatic carbocycles. The molecule has 0 aliphatic rings. The lowest BCUT2D eigenvalue weighted by atomic mass is 10.1. The number of benzene rings is 1. The molecule has 2 aromatic rings. The van der Waals surface area contributed by atoms with E-state index in [-0.39, 0.29) is 17.8 Å². The Hall–Kier alpha value is -2.63. The van der Waals surface area contributed by atoms with Gasteiger partial charge in [-0.15, -0.1) is 0 Å². The minimum Gasteiger partial charge on any atom is -0.459 e. The largest absolute Gasteiger partial charge is 0.459 e. The molecule has 1 amide bonds. The van der Waals surface area contributed by atoms with Gasteiger partial charge in [0.25, 0.3) is 5.91 Å². The fourth-order valence-electron chi connectivity index (χ4n) is 2.62. The Balaban J connectivity index is 2.02. The first kappa shape index (κ1) is 18.7. The molecule has 1 aromatic carbocycles. The third kappa shape index (κ3) is 4.68. The van der Waals surface area contributed by atoms with Gasteiger partial charge in [-0.1, -0.05) is 12.1 Å². The summed E-state index contributed by atoms with van der Waals surface area (Å²) in [6.45, 7) is 7.42. The summed E-state index contributed by atoms with van der Waals surface area (Å²) in [6, 6.07) is 6.15. The monoisotopic (exact) mass is 346 g/mol. The molecular weight excluding hydrogens is 323 g/mol. The highest BCUT2D eigenvalue weighted by atomic mass is 19.1. The molecule has 0 bridgehead atoms. The Morgan fingerprint density at radius 1 is 1.20 bits per heavy atom. The average molecular weight is 346 g/mol. The summed E-state index contributed by atoms with van der Waals surface area (Å²) in [5, 5.41) is 2.81. The molecule has 1 aromatic heterocycles. The Kier molecular flexibility index (Phi) is 5.96. The van der Waals surface area contributed by atoms with E-state index in [0.717, 1.165) is 5.56 Å². The number of ether oxygens (including phenoxy) is 1. The maximum absolute atomic E-state index is 12.9. The van der Waals surface area contributed by atoms with Crippen LogP contribution in [-0.2, 0) is 11.2 Å². The van der Waals surface area contributed by atoms with Crippen molar-refractivity contribution in [2.45, 2.75) is 40.2 Å². The van der Waals surface area contributed by atoms with Gasteiger partial charge in [-0.05, 0) is 57.4 Å². The predicted molar refractivity (Wildman–Crippen MR) is 93.3 cm³/mol. The van der Waals surface area contributed by atoms with Crippen LogP contribution in [0.3, 0.4) is 0 Å². The summed E-state index contributed by atoms with van der Waals surface area (Å²) in [4.78, 5) is 27.5. The van der Waals surface area contributed by atoms with Crippen LogP contribution in [0, 0.1) is 19.7 Å². The number of aryl methyl sites for hydroxylation is 1.